The summed E-state index contributed by atoms with van der Waals surface area (Å²) in [4.78, 5) is 38.5. The summed E-state index contributed by atoms with van der Waals surface area (Å²) in [7, 11) is 1.74. The van der Waals surface area contributed by atoms with E-state index in [0.717, 1.165) is 37.2 Å². The fourth-order valence-electron chi connectivity index (χ4n) is 3.76. The molecule has 9 heteroatoms. The van der Waals surface area contributed by atoms with Crippen LogP contribution >= 0.6 is 0 Å². The Morgan fingerprint density at radius 3 is 2.57 bits per heavy atom. The van der Waals surface area contributed by atoms with E-state index in [2.05, 4.69) is 20.4 Å². The zero-order valence-corrected chi connectivity index (χ0v) is 16.3. The van der Waals surface area contributed by atoms with Crippen LogP contribution in [0.25, 0.3) is 0 Å². The number of hydrogen-bond donors (Lipinski definition) is 1. The maximum Gasteiger partial charge on any atom is 0.274 e. The molecule has 1 fully saturated rings. The molecule has 28 heavy (non-hydrogen) atoms. The van der Waals surface area contributed by atoms with Crippen molar-refractivity contribution >= 4 is 17.8 Å². The summed E-state index contributed by atoms with van der Waals surface area (Å²) < 4.78 is 1.73. The van der Waals surface area contributed by atoms with Crippen molar-refractivity contribution < 1.29 is 9.59 Å². The van der Waals surface area contributed by atoms with Crippen molar-refractivity contribution in [2.45, 2.75) is 39.3 Å². The number of amides is 2. The normalized spacial score (nSPS) is 16.2. The van der Waals surface area contributed by atoms with Crippen LogP contribution in [0.3, 0.4) is 0 Å². The van der Waals surface area contributed by atoms with Gasteiger partial charge in [-0.2, -0.15) is 5.10 Å². The molecule has 2 aliphatic heterocycles. The largest absolute Gasteiger partial charge is 0.357 e. The van der Waals surface area contributed by atoms with Crippen LogP contribution in [0, 0.1) is 0 Å². The maximum atomic E-state index is 13.1. The van der Waals surface area contributed by atoms with Gasteiger partial charge in [-0.25, -0.2) is 9.97 Å². The quantitative estimate of drug-likeness (QED) is 0.851. The zero-order valence-electron chi connectivity index (χ0n) is 16.3. The van der Waals surface area contributed by atoms with Crippen LogP contribution in [0.4, 0.5) is 5.95 Å². The zero-order chi connectivity index (χ0) is 19.7. The lowest BCUT2D eigenvalue weighted by molar-refractivity contribution is 0.0713. The van der Waals surface area contributed by atoms with Crippen LogP contribution in [-0.4, -0.2) is 68.0 Å². The number of nitrogens with zero attached hydrogens (tertiary/aromatic N) is 6. The van der Waals surface area contributed by atoms with Crippen LogP contribution in [0.5, 0.6) is 0 Å². The molecule has 0 radical (unpaired) electrons. The van der Waals surface area contributed by atoms with Crippen molar-refractivity contribution in [3.05, 3.63) is 34.9 Å². The molecule has 0 bridgehead atoms. The first-order valence-electron chi connectivity index (χ1n) is 9.80. The smallest absolute Gasteiger partial charge is 0.274 e. The van der Waals surface area contributed by atoms with Crippen LogP contribution in [-0.2, 0) is 19.5 Å². The minimum Gasteiger partial charge on any atom is -0.357 e. The third kappa shape index (κ3) is 3.32. The molecule has 0 aliphatic carbocycles. The Morgan fingerprint density at radius 1 is 1.11 bits per heavy atom. The van der Waals surface area contributed by atoms with E-state index >= 15 is 0 Å². The minimum atomic E-state index is -0.130. The number of carbonyl (C=O) groups excluding carboxylic acids is 2. The lowest BCUT2D eigenvalue weighted by atomic mass is 10.0. The maximum absolute atomic E-state index is 13.1. The SMILES string of the molecule is CCn1ccc(C(=O)N2CCc3nc(NC)nc(C(=O)N4CCCC4)c3C2)n1. The van der Waals surface area contributed by atoms with E-state index in [1.807, 2.05) is 11.8 Å². The minimum absolute atomic E-state index is 0.0720. The van der Waals surface area contributed by atoms with Crippen molar-refractivity contribution in [2.75, 3.05) is 32.0 Å². The second-order valence-electron chi connectivity index (χ2n) is 7.10. The molecule has 2 aromatic rings. The van der Waals surface area contributed by atoms with E-state index in [4.69, 9.17) is 0 Å². The molecular formula is C19H25N7O2. The molecular weight excluding hydrogens is 358 g/mol. The number of hydrogen-bond acceptors (Lipinski definition) is 6. The molecule has 2 aromatic heterocycles. The van der Waals surface area contributed by atoms with Gasteiger partial charge in [-0.1, -0.05) is 0 Å². The predicted molar refractivity (Wildman–Crippen MR) is 103 cm³/mol. The molecule has 148 valence electrons. The average Bonchev–Trinajstić information content (AvgIpc) is 3.43. The van der Waals surface area contributed by atoms with E-state index in [0.29, 0.717) is 43.4 Å². The molecule has 2 aliphatic rings. The number of aromatic nitrogens is 4. The van der Waals surface area contributed by atoms with Gasteiger partial charge in [-0.3, -0.25) is 14.3 Å². The van der Waals surface area contributed by atoms with Crippen molar-refractivity contribution in [2.24, 2.45) is 0 Å². The molecule has 4 rings (SSSR count). The second kappa shape index (κ2) is 7.57. The summed E-state index contributed by atoms with van der Waals surface area (Å²) in [5, 5.41) is 7.26. The summed E-state index contributed by atoms with van der Waals surface area (Å²) in [6.45, 7) is 5.07. The number of rotatable bonds is 4. The Balaban J connectivity index is 1.64. The number of fused-ring (bicyclic) bond motifs is 1. The summed E-state index contributed by atoms with van der Waals surface area (Å²) in [5.74, 6) is 0.245. The van der Waals surface area contributed by atoms with E-state index in [1.54, 1.807) is 28.9 Å². The van der Waals surface area contributed by atoms with Gasteiger partial charge in [0.2, 0.25) is 5.95 Å². The highest BCUT2D eigenvalue weighted by Crippen LogP contribution is 2.25. The van der Waals surface area contributed by atoms with E-state index in [-0.39, 0.29) is 11.8 Å². The molecule has 2 amide bonds. The lowest BCUT2D eigenvalue weighted by Gasteiger charge is -2.29. The Hall–Kier alpha value is -2.97. The Bertz CT molecular complexity index is 902. The highest BCUT2D eigenvalue weighted by atomic mass is 16.2. The van der Waals surface area contributed by atoms with Gasteiger partial charge in [0.15, 0.2) is 0 Å². The topological polar surface area (TPSA) is 96.2 Å². The predicted octanol–water partition coefficient (Wildman–Crippen LogP) is 1.17. The van der Waals surface area contributed by atoms with Crippen LogP contribution in [0.15, 0.2) is 12.3 Å². The van der Waals surface area contributed by atoms with Crippen LogP contribution in [0.1, 0.15) is 52.0 Å². The first-order valence-corrected chi connectivity index (χ1v) is 9.80. The third-order valence-corrected chi connectivity index (χ3v) is 5.35. The highest BCUT2D eigenvalue weighted by Gasteiger charge is 2.31. The van der Waals surface area contributed by atoms with Gasteiger partial charge < -0.3 is 15.1 Å². The molecule has 0 aromatic carbocycles. The lowest BCUT2D eigenvalue weighted by Crippen LogP contribution is -2.39. The Labute approximate surface area is 163 Å². The number of aryl methyl sites for hydroxylation is 1. The first kappa shape index (κ1) is 18.4. The molecule has 1 N–H and O–H groups in total. The third-order valence-electron chi connectivity index (χ3n) is 5.35. The molecule has 0 spiro atoms. The van der Waals surface area contributed by atoms with Crippen molar-refractivity contribution in [3.63, 3.8) is 0 Å². The van der Waals surface area contributed by atoms with Gasteiger partial charge in [0.1, 0.15) is 11.4 Å². The number of anilines is 1. The van der Waals surface area contributed by atoms with Gasteiger partial charge in [0.05, 0.1) is 12.2 Å². The molecule has 9 nitrogen and oxygen atoms in total. The van der Waals surface area contributed by atoms with Crippen molar-refractivity contribution in [1.29, 1.82) is 0 Å². The molecule has 0 atom stereocenters. The standard InChI is InChI=1S/C19H25N7O2/c1-3-26-11-7-15(23-26)17(27)25-10-6-14-13(12-25)16(22-19(20-2)21-14)18(28)24-8-4-5-9-24/h7,11H,3-6,8-10,12H2,1-2H3,(H,20,21,22). The van der Waals surface area contributed by atoms with Crippen LogP contribution < -0.4 is 5.32 Å². The van der Waals surface area contributed by atoms with Gasteiger partial charge in [-0.15, -0.1) is 0 Å². The van der Waals surface area contributed by atoms with Crippen molar-refractivity contribution in [3.8, 4) is 0 Å². The molecule has 0 unspecified atom stereocenters. The second-order valence-corrected chi connectivity index (χ2v) is 7.10. The van der Waals surface area contributed by atoms with Crippen molar-refractivity contribution in [1.82, 2.24) is 29.5 Å². The summed E-state index contributed by atoms with van der Waals surface area (Å²) in [6, 6.07) is 1.73. The van der Waals surface area contributed by atoms with Gasteiger partial charge in [0, 0.05) is 51.4 Å². The first-order chi connectivity index (χ1) is 13.6. The van der Waals surface area contributed by atoms with Crippen LogP contribution in [0.2, 0.25) is 0 Å². The van der Waals surface area contributed by atoms with Gasteiger partial charge in [0.25, 0.3) is 11.8 Å². The molecule has 4 heterocycles. The summed E-state index contributed by atoms with van der Waals surface area (Å²) in [5.41, 5.74) is 2.42. The molecule has 1 saturated heterocycles. The Kier molecular flexibility index (Phi) is 4.97. The monoisotopic (exact) mass is 383 g/mol. The average molecular weight is 383 g/mol. The molecule has 0 saturated carbocycles. The van der Waals surface area contributed by atoms with E-state index < -0.39 is 0 Å². The number of likely N-dealkylation sites (tertiary alicyclic amines) is 1. The van der Waals surface area contributed by atoms with Gasteiger partial charge in [-0.05, 0) is 25.8 Å². The number of nitrogens with one attached hydrogen (secondary N) is 1. The fraction of sp³-hybridized carbons (Fsp3) is 0.526. The highest BCUT2D eigenvalue weighted by molar-refractivity contribution is 5.95. The van der Waals surface area contributed by atoms with E-state index in [9.17, 15) is 9.59 Å². The Morgan fingerprint density at radius 2 is 1.89 bits per heavy atom. The van der Waals surface area contributed by atoms with E-state index in [1.165, 1.54) is 0 Å². The summed E-state index contributed by atoms with van der Waals surface area (Å²) in [6.07, 6.45) is 4.42. The summed E-state index contributed by atoms with van der Waals surface area (Å²) >= 11 is 0. The van der Waals surface area contributed by atoms with Gasteiger partial charge >= 0.3 is 0 Å². The number of carbonyl (C=O) groups is 2. The fourth-order valence-corrected chi connectivity index (χ4v) is 3.76.